The summed E-state index contributed by atoms with van der Waals surface area (Å²) >= 11 is 0. The van der Waals surface area contributed by atoms with Gasteiger partial charge < -0.3 is 11.1 Å². The molecule has 0 unspecified atom stereocenters. The molecule has 0 spiro atoms. The van der Waals surface area contributed by atoms with Crippen molar-refractivity contribution in [3.05, 3.63) is 23.3 Å². The van der Waals surface area contributed by atoms with Crippen LogP contribution in [-0.4, -0.2) is 29.0 Å². The molecule has 1 heterocycles. The highest BCUT2D eigenvalue weighted by Crippen LogP contribution is 2.16. The molecular formula is C11H19ClN4O. The summed E-state index contributed by atoms with van der Waals surface area (Å²) in [5, 5.41) is 2.72. The summed E-state index contributed by atoms with van der Waals surface area (Å²) in [6.45, 7) is 6.70. The van der Waals surface area contributed by atoms with Gasteiger partial charge >= 0.3 is 0 Å². The van der Waals surface area contributed by atoms with Gasteiger partial charge in [-0.1, -0.05) is 13.8 Å². The van der Waals surface area contributed by atoms with Crippen LogP contribution in [0.4, 0.5) is 0 Å². The Kier molecular flexibility index (Phi) is 6.68. The molecule has 0 aliphatic carbocycles. The average Bonchev–Trinajstić information content (AvgIpc) is 2.25. The van der Waals surface area contributed by atoms with E-state index in [1.807, 2.05) is 20.8 Å². The van der Waals surface area contributed by atoms with Gasteiger partial charge in [0.25, 0.3) is 5.91 Å². The fraction of sp³-hybridized carbons (Fsp3) is 0.545. The Morgan fingerprint density at radius 2 is 2.18 bits per heavy atom. The summed E-state index contributed by atoms with van der Waals surface area (Å²) in [6, 6.07) is 0. The summed E-state index contributed by atoms with van der Waals surface area (Å²) in [7, 11) is 0. The van der Waals surface area contributed by atoms with E-state index in [2.05, 4.69) is 15.3 Å². The molecule has 0 aliphatic heterocycles. The maximum absolute atomic E-state index is 11.8. The van der Waals surface area contributed by atoms with E-state index in [4.69, 9.17) is 5.73 Å². The van der Waals surface area contributed by atoms with Crippen LogP contribution in [0.1, 0.15) is 41.6 Å². The number of amides is 1. The standard InChI is InChI=1S/C11H18N4O.ClH/c1-7(2)10-9(6-14-8(3)15-10)11(16)13-5-4-12;/h6-7H,4-5,12H2,1-3H3,(H,13,16);1H. The van der Waals surface area contributed by atoms with Crippen LogP contribution in [0.15, 0.2) is 6.20 Å². The van der Waals surface area contributed by atoms with Gasteiger partial charge in [0, 0.05) is 19.3 Å². The van der Waals surface area contributed by atoms with E-state index in [-0.39, 0.29) is 24.2 Å². The van der Waals surface area contributed by atoms with E-state index in [0.717, 1.165) is 5.69 Å². The first kappa shape index (κ1) is 15.8. The smallest absolute Gasteiger partial charge is 0.254 e. The number of rotatable bonds is 4. The highest BCUT2D eigenvalue weighted by molar-refractivity contribution is 5.95. The van der Waals surface area contributed by atoms with E-state index < -0.39 is 0 Å². The third-order valence-corrected chi connectivity index (χ3v) is 2.16. The van der Waals surface area contributed by atoms with Gasteiger partial charge in [0.1, 0.15) is 5.82 Å². The Balaban J connectivity index is 0.00000256. The molecule has 17 heavy (non-hydrogen) atoms. The van der Waals surface area contributed by atoms with Gasteiger partial charge in [-0.2, -0.15) is 0 Å². The average molecular weight is 259 g/mol. The van der Waals surface area contributed by atoms with Crippen molar-refractivity contribution in [3.63, 3.8) is 0 Å². The molecule has 5 nitrogen and oxygen atoms in total. The predicted molar refractivity (Wildman–Crippen MR) is 69.5 cm³/mol. The summed E-state index contributed by atoms with van der Waals surface area (Å²) in [6.07, 6.45) is 1.57. The SMILES string of the molecule is Cc1ncc(C(=O)NCCN)c(C(C)C)n1.Cl. The topological polar surface area (TPSA) is 80.9 Å². The molecule has 3 N–H and O–H groups in total. The number of halogens is 1. The molecule has 0 aliphatic rings. The van der Waals surface area contributed by atoms with Crippen molar-refractivity contribution >= 4 is 18.3 Å². The van der Waals surface area contributed by atoms with Crippen molar-refractivity contribution in [1.82, 2.24) is 15.3 Å². The van der Waals surface area contributed by atoms with Gasteiger partial charge in [0.05, 0.1) is 11.3 Å². The molecule has 6 heteroatoms. The minimum absolute atomic E-state index is 0. The Labute approximate surface area is 108 Å². The predicted octanol–water partition coefficient (Wildman–Crippen LogP) is 1.02. The summed E-state index contributed by atoms with van der Waals surface area (Å²) < 4.78 is 0. The van der Waals surface area contributed by atoms with Gasteiger partial charge in [-0.3, -0.25) is 4.79 Å². The fourth-order valence-electron chi connectivity index (χ4n) is 1.38. The molecule has 0 aromatic carbocycles. The molecule has 0 fully saturated rings. The molecule has 0 saturated heterocycles. The van der Waals surface area contributed by atoms with Crippen LogP contribution in [0.2, 0.25) is 0 Å². The number of hydrogen-bond donors (Lipinski definition) is 2. The summed E-state index contributed by atoms with van der Waals surface area (Å²) in [5.74, 6) is 0.716. The number of hydrogen-bond acceptors (Lipinski definition) is 4. The minimum Gasteiger partial charge on any atom is -0.351 e. The first-order valence-electron chi connectivity index (χ1n) is 5.38. The first-order valence-corrected chi connectivity index (χ1v) is 5.38. The number of nitrogens with zero attached hydrogens (tertiary/aromatic N) is 2. The highest BCUT2D eigenvalue weighted by Gasteiger charge is 2.15. The zero-order chi connectivity index (χ0) is 12.1. The van der Waals surface area contributed by atoms with Gasteiger partial charge in [0.2, 0.25) is 0 Å². The number of aromatic nitrogens is 2. The third-order valence-electron chi connectivity index (χ3n) is 2.16. The van der Waals surface area contributed by atoms with Crippen LogP contribution in [0.5, 0.6) is 0 Å². The number of nitrogens with one attached hydrogen (secondary N) is 1. The van der Waals surface area contributed by atoms with E-state index in [9.17, 15) is 4.79 Å². The highest BCUT2D eigenvalue weighted by atomic mass is 35.5. The Morgan fingerprint density at radius 3 is 2.71 bits per heavy atom. The van der Waals surface area contributed by atoms with Crippen molar-refractivity contribution in [2.24, 2.45) is 5.73 Å². The minimum atomic E-state index is -0.158. The summed E-state index contributed by atoms with van der Waals surface area (Å²) in [4.78, 5) is 20.1. The first-order chi connectivity index (χ1) is 7.56. The van der Waals surface area contributed by atoms with Gasteiger partial charge in [0.15, 0.2) is 0 Å². The van der Waals surface area contributed by atoms with Crippen molar-refractivity contribution in [2.75, 3.05) is 13.1 Å². The second kappa shape index (κ2) is 7.19. The van der Waals surface area contributed by atoms with Crippen molar-refractivity contribution in [1.29, 1.82) is 0 Å². The molecule has 0 bridgehead atoms. The molecule has 1 rings (SSSR count). The van der Waals surface area contributed by atoms with E-state index in [1.165, 1.54) is 0 Å². The normalized spacial score (nSPS) is 9.94. The monoisotopic (exact) mass is 258 g/mol. The number of nitrogens with two attached hydrogens (primary N) is 1. The molecule has 96 valence electrons. The number of carbonyl (C=O) groups excluding carboxylic acids is 1. The lowest BCUT2D eigenvalue weighted by molar-refractivity contribution is 0.0952. The van der Waals surface area contributed by atoms with Crippen molar-refractivity contribution in [3.8, 4) is 0 Å². The Morgan fingerprint density at radius 1 is 1.53 bits per heavy atom. The lowest BCUT2D eigenvalue weighted by Gasteiger charge is -2.11. The molecule has 1 aromatic heterocycles. The largest absolute Gasteiger partial charge is 0.351 e. The molecule has 1 amide bonds. The lowest BCUT2D eigenvalue weighted by atomic mass is 10.0. The molecule has 1 aromatic rings. The number of aryl methyl sites for hydroxylation is 1. The van der Waals surface area contributed by atoms with Crippen LogP contribution >= 0.6 is 12.4 Å². The molecule has 0 radical (unpaired) electrons. The van der Waals surface area contributed by atoms with E-state index in [0.29, 0.717) is 24.5 Å². The van der Waals surface area contributed by atoms with Crippen molar-refractivity contribution < 1.29 is 4.79 Å². The second-order valence-corrected chi connectivity index (χ2v) is 3.92. The second-order valence-electron chi connectivity index (χ2n) is 3.92. The molecule has 0 saturated carbocycles. The summed E-state index contributed by atoms with van der Waals surface area (Å²) in [5.41, 5.74) is 6.65. The lowest BCUT2D eigenvalue weighted by Crippen LogP contribution is -2.30. The third kappa shape index (κ3) is 4.28. The van der Waals surface area contributed by atoms with Gasteiger partial charge in [-0.05, 0) is 12.8 Å². The van der Waals surface area contributed by atoms with Crippen molar-refractivity contribution in [2.45, 2.75) is 26.7 Å². The Hall–Kier alpha value is -1.20. The van der Waals surface area contributed by atoms with E-state index in [1.54, 1.807) is 6.20 Å². The molecular weight excluding hydrogens is 240 g/mol. The maximum atomic E-state index is 11.8. The van der Waals surface area contributed by atoms with E-state index >= 15 is 0 Å². The van der Waals surface area contributed by atoms with Gasteiger partial charge in [-0.25, -0.2) is 9.97 Å². The quantitative estimate of drug-likeness (QED) is 0.845. The Bertz CT molecular complexity index is 382. The van der Waals surface area contributed by atoms with Crippen LogP contribution in [0.25, 0.3) is 0 Å². The van der Waals surface area contributed by atoms with Crippen LogP contribution in [-0.2, 0) is 0 Å². The molecule has 0 atom stereocenters. The zero-order valence-corrected chi connectivity index (χ0v) is 11.2. The maximum Gasteiger partial charge on any atom is 0.254 e. The van der Waals surface area contributed by atoms with Crippen LogP contribution in [0, 0.1) is 6.92 Å². The van der Waals surface area contributed by atoms with Crippen LogP contribution in [0.3, 0.4) is 0 Å². The zero-order valence-electron chi connectivity index (χ0n) is 10.4. The van der Waals surface area contributed by atoms with Crippen LogP contribution < -0.4 is 11.1 Å². The van der Waals surface area contributed by atoms with Gasteiger partial charge in [-0.15, -0.1) is 12.4 Å². The fourth-order valence-corrected chi connectivity index (χ4v) is 1.38. The number of carbonyl (C=O) groups is 1.